The summed E-state index contributed by atoms with van der Waals surface area (Å²) in [7, 11) is 0. The average Bonchev–Trinajstić information content (AvgIpc) is 2.78. The first-order chi connectivity index (χ1) is 9.75. The zero-order valence-corrected chi connectivity index (χ0v) is 11.5. The fourth-order valence-corrected chi connectivity index (χ4v) is 2.85. The molecule has 5 heteroatoms. The molecule has 0 spiro atoms. The number of fused-ring (bicyclic) bond motifs is 1. The van der Waals surface area contributed by atoms with Gasteiger partial charge in [-0.3, -0.25) is 14.5 Å². The van der Waals surface area contributed by atoms with Gasteiger partial charge in [0.2, 0.25) is 11.8 Å². The smallest absolute Gasteiger partial charge is 0.248 e. The quantitative estimate of drug-likeness (QED) is 0.864. The van der Waals surface area contributed by atoms with E-state index in [9.17, 15) is 9.59 Å². The van der Waals surface area contributed by atoms with E-state index < -0.39 is 0 Å². The molecule has 5 nitrogen and oxygen atoms in total. The van der Waals surface area contributed by atoms with Crippen LogP contribution in [0.25, 0.3) is 0 Å². The molecule has 0 aliphatic carbocycles. The van der Waals surface area contributed by atoms with E-state index in [1.165, 1.54) is 10.5 Å². The minimum atomic E-state index is -0.0794. The monoisotopic (exact) mass is 273 g/mol. The molecule has 20 heavy (non-hydrogen) atoms. The first-order valence-electron chi connectivity index (χ1n) is 7.12. The third-order valence-corrected chi connectivity index (χ3v) is 3.91. The van der Waals surface area contributed by atoms with Crippen molar-refractivity contribution in [2.45, 2.75) is 19.4 Å². The molecule has 0 atom stereocenters. The Bertz CT molecular complexity index is 530. The summed E-state index contributed by atoms with van der Waals surface area (Å²) in [4.78, 5) is 27.4. The maximum atomic E-state index is 12.3. The van der Waals surface area contributed by atoms with Gasteiger partial charge >= 0.3 is 0 Å². The summed E-state index contributed by atoms with van der Waals surface area (Å²) < 4.78 is 0. The van der Waals surface area contributed by atoms with Crippen molar-refractivity contribution in [1.82, 2.24) is 10.2 Å². The van der Waals surface area contributed by atoms with Gasteiger partial charge in [-0.2, -0.15) is 0 Å². The Balaban J connectivity index is 1.76. The number of amides is 2. The molecular formula is C15H19N3O2. The van der Waals surface area contributed by atoms with E-state index in [2.05, 4.69) is 16.3 Å². The molecule has 2 aliphatic heterocycles. The lowest BCUT2D eigenvalue weighted by Gasteiger charge is -2.25. The van der Waals surface area contributed by atoms with Crippen LogP contribution in [0, 0.1) is 0 Å². The Morgan fingerprint density at radius 2 is 2.10 bits per heavy atom. The summed E-state index contributed by atoms with van der Waals surface area (Å²) >= 11 is 0. The van der Waals surface area contributed by atoms with Gasteiger partial charge in [-0.05, 0) is 18.1 Å². The fraction of sp³-hybridized carbons (Fsp3) is 0.467. The van der Waals surface area contributed by atoms with E-state index >= 15 is 0 Å². The molecule has 3 rings (SSSR count). The molecule has 0 saturated carbocycles. The predicted molar refractivity (Wildman–Crippen MR) is 76.3 cm³/mol. The van der Waals surface area contributed by atoms with Crippen LogP contribution in [-0.2, 0) is 16.1 Å². The third kappa shape index (κ3) is 2.54. The molecule has 106 valence electrons. The van der Waals surface area contributed by atoms with Crippen LogP contribution in [0.1, 0.15) is 18.4 Å². The van der Waals surface area contributed by atoms with Crippen LogP contribution in [0.4, 0.5) is 5.69 Å². The predicted octanol–water partition coefficient (Wildman–Crippen LogP) is 0.745. The van der Waals surface area contributed by atoms with Crippen molar-refractivity contribution in [1.29, 1.82) is 0 Å². The second kappa shape index (κ2) is 5.63. The molecule has 2 amide bonds. The molecule has 1 saturated heterocycles. The molecule has 2 aliphatic rings. The van der Waals surface area contributed by atoms with E-state index in [-0.39, 0.29) is 18.4 Å². The summed E-state index contributed by atoms with van der Waals surface area (Å²) in [5.74, 6) is -0.111. The first-order valence-corrected chi connectivity index (χ1v) is 7.12. The number of likely N-dealkylation sites (tertiary alicyclic amines) is 1. The number of nitrogens with one attached hydrogen (secondary N) is 1. The molecule has 2 heterocycles. The van der Waals surface area contributed by atoms with Gasteiger partial charge in [0.05, 0.1) is 6.54 Å². The van der Waals surface area contributed by atoms with Crippen LogP contribution in [-0.4, -0.2) is 42.9 Å². The molecule has 0 aromatic heterocycles. The van der Waals surface area contributed by atoms with Gasteiger partial charge in [-0.1, -0.05) is 18.2 Å². The number of para-hydroxylation sites is 1. The molecule has 0 unspecified atom stereocenters. The zero-order valence-electron chi connectivity index (χ0n) is 11.5. The Labute approximate surface area is 118 Å². The highest BCUT2D eigenvalue weighted by molar-refractivity contribution is 5.98. The first kappa shape index (κ1) is 13.1. The summed E-state index contributed by atoms with van der Waals surface area (Å²) in [6.45, 7) is 3.31. The van der Waals surface area contributed by atoms with Gasteiger partial charge in [0.1, 0.15) is 0 Å². The number of nitrogens with zero attached hydrogens (tertiary/aromatic N) is 2. The number of carbonyl (C=O) groups excluding carboxylic acids is 2. The van der Waals surface area contributed by atoms with Gasteiger partial charge in [-0.25, -0.2) is 0 Å². The second-order valence-electron chi connectivity index (χ2n) is 5.27. The summed E-state index contributed by atoms with van der Waals surface area (Å²) in [6.07, 6.45) is 1.30. The number of benzene rings is 1. The van der Waals surface area contributed by atoms with Crippen LogP contribution in [0.3, 0.4) is 0 Å². The van der Waals surface area contributed by atoms with Gasteiger partial charge in [0, 0.05) is 38.3 Å². The van der Waals surface area contributed by atoms with Crippen LogP contribution in [0.15, 0.2) is 24.3 Å². The Hall–Kier alpha value is -1.88. The van der Waals surface area contributed by atoms with Crippen molar-refractivity contribution in [3.8, 4) is 0 Å². The van der Waals surface area contributed by atoms with Crippen LogP contribution < -0.4 is 10.2 Å². The Morgan fingerprint density at radius 3 is 2.90 bits per heavy atom. The number of imide groups is 1. The van der Waals surface area contributed by atoms with E-state index in [0.29, 0.717) is 13.0 Å². The minimum absolute atomic E-state index is 0.0313. The summed E-state index contributed by atoms with van der Waals surface area (Å²) in [5, 5.41) is 3.35. The number of anilines is 1. The van der Waals surface area contributed by atoms with Crippen molar-refractivity contribution < 1.29 is 9.59 Å². The summed E-state index contributed by atoms with van der Waals surface area (Å²) in [5.41, 5.74) is 2.29. The average molecular weight is 273 g/mol. The molecule has 1 N–H and O–H groups in total. The van der Waals surface area contributed by atoms with Crippen molar-refractivity contribution >= 4 is 17.5 Å². The summed E-state index contributed by atoms with van der Waals surface area (Å²) in [6, 6.07) is 8.12. The molecule has 0 radical (unpaired) electrons. The second-order valence-corrected chi connectivity index (χ2v) is 5.27. The SMILES string of the molecule is O=C1CCCN1C(=O)CN1CCNCc2ccccc21. The molecule has 1 aromatic rings. The largest absolute Gasteiger partial charge is 0.361 e. The van der Waals surface area contributed by atoms with Gasteiger partial charge in [-0.15, -0.1) is 0 Å². The number of carbonyl (C=O) groups is 2. The van der Waals surface area contributed by atoms with Crippen LogP contribution in [0.5, 0.6) is 0 Å². The van der Waals surface area contributed by atoms with Gasteiger partial charge < -0.3 is 10.2 Å². The maximum Gasteiger partial charge on any atom is 0.248 e. The highest BCUT2D eigenvalue weighted by Crippen LogP contribution is 2.22. The molecule has 0 bridgehead atoms. The van der Waals surface area contributed by atoms with Crippen molar-refractivity contribution in [2.75, 3.05) is 31.1 Å². The highest BCUT2D eigenvalue weighted by atomic mass is 16.2. The Morgan fingerprint density at radius 1 is 1.25 bits per heavy atom. The lowest BCUT2D eigenvalue weighted by atomic mass is 10.1. The van der Waals surface area contributed by atoms with E-state index in [1.807, 2.05) is 18.2 Å². The van der Waals surface area contributed by atoms with Crippen LogP contribution in [0.2, 0.25) is 0 Å². The van der Waals surface area contributed by atoms with E-state index in [4.69, 9.17) is 0 Å². The fourth-order valence-electron chi connectivity index (χ4n) is 2.85. The maximum absolute atomic E-state index is 12.3. The van der Waals surface area contributed by atoms with Crippen molar-refractivity contribution in [3.63, 3.8) is 0 Å². The number of rotatable bonds is 2. The highest BCUT2D eigenvalue weighted by Gasteiger charge is 2.28. The minimum Gasteiger partial charge on any atom is -0.361 e. The zero-order chi connectivity index (χ0) is 13.9. The van der Waals surface area contributed by atoms with E-state index in [0.717, 1.165) is 31.7 Å². The van der Waals surface area contributed by atoms with Gasteiger partial charge in [0.15, 0.2) is 0 Å². The Kier molecular flexibility index (Phi) is 3.69. The third-order valence-electron chi connectivity index (χ3n) is 3.91. The lowest BCUT2D eigenvalue weighted by Crippen LogP contribution is -2.42. The normalized spacial score (nSPS) is 18.9. The van der Waals surface area contributed by atoms with Crippen molar-refractivity contribution in [2.24, 2.45) is 0 Å². The van der Waals surface area contributed by atoms with Gasteiger partial charge in [0.25, 0.3) is 0 Å². The number of hydrogen-bond donors (Lipinski definition) is 1. The lowest BCUT2D eigenvalue weighted by molar-refractivity contribution is -0.140. The topological polar surface area (TPSA) is 52.7 Å². The number of hydrogen-bond acceptors (Lipinski definition) is 4. The van der Waals surface area contributed by atoms with Crippen LogP contribution >= 0.6 is 0 Å². The molecular weight excluding hydrogens is 254 g/mol. The molecule has 1 aromatic carbocycles. The van der Waals surface area contributed by atoms with Crippen molar-refractivity contribution in [3.05, 3.63) is 29.8 Å². The van der Waals surface area contributed by atoms with E-state index in [1.54, 1.807) is 0 Å². The standard InChI is InChI=1S/C15H19N3O2/c19-14-6-3-8-18(14)15(20)11-17-9-7-16-10-12-4-1-2-5-13(12)17/h1-2,4-5,16H,3,6-11H2. The molecule has 1 fully saturated rings.